The van der Waals surface area contributed by atoms with Gasteiger partial charge in [-0.2, -0.15) is 5.01 Å². The Balaban J connectivity index is 0.00000176. The molecule has 1 aliphatic carbocycles. The summed E-state index contributed by atoms with van der Waals surface area (Å²) in [4.78, 5) is 36.4. The van der Waals surface area contributed by atoms with E-state index in [2.05, 4.69) is 5.32 Å². The molecule has 3 rings (SSSR count). The fourth-order valence-corrected chi connectivity index (χ4v) is 3.16. The minimum absolute atomic E-state index is 0. The van der Waals surface area contributed by atoms with Crippen LogP contribution in [-0.4, -0.2) is 47.8 Å². The monoisotopic (exact) mass is 325 g/mol. The van der Waals surface area contributed by atoms with E-state index in [1.807, 2.05) is 19.2 Å². The molecule has 2 aliphatic heterocycles. The highest BCUT2D eigenvalue weighted by atomic mass is 35.5. The number of carbonyl (C=O) groups is 3. The number of amides is 2. The molecule has 120 valence electrons. The fourth-order valence-electron chi connectivity index (χ4n) is 3.16. The van der Waals surface area contributed by atoms with Crippen molar-refractivity contribution in [2.45, 2.75) is 19.3 Å². The molecule has 2 unspecified atom stereocenters. The van der Waals surface area contributed by atoms with Gasteiger partial charge in [0.2, 0.25) is 11.8 Å². The van der Waals surface area contributed by atoms with Crippen LogP contribution in [0.4, 0.5) is 0 Å². The molecule has 2 heterocycles. The Hall–Kier alpha value is -1.66. The van der Waals surface area contributed by atoms with Gasteiger partial charge in [0, 0.05) is 31.5 Å². The van der Waals surface area contributed by atoms with Crippen LogP contribution in [0.15, 0.2) is 23.9 Å². The molecule has 3 aliphatic rings. The number of fused-ring (bicyclic) bond motifs is 1. The predicted octanol–water partition coefficient (Wildman–Crippen LogP) is 0.652. The second-order valence-electron chi connectivity index (χ2n) is 5.68. The van der Waals surface area contributed by atoms with E-state index in [-0.39, 0.29) is 41.8 Å². The fraction of sp³-hybridized carbons (Fsp3) is 0.533. The van der Waals surface area contributed by atoms with E-state index in [9.17, 15) is 14.4 Å². The van der Waals surface area contributed by atoms with Crippen molar-refractivity contribution in [1.29, 1.82) is 0 Å². The maximum absolute atomic E-state index is 12.4. The van der Waals surface area contributed by atoms with Gasteiger partial charge in [-0.3, -0.25) is 19.4 Å². The van der Waals surface area contributed by atoms with Crippen molar-refractivity contribution in [3.8, 4) is 0 Å². The van der Waals surface area contributed by atoms with E-state index >= 15 is 0 Å². The molecule has 0 aromatic rings. The smallest absolute Gasteiger partial charge is 0.248 e. The van der Waals surface area contributed by atoms with Gasteiger partial charge in [0.25, 0.3) is 0 Å². The van der Waals surface area contributed by atoms with E-state index in [0.29, 0.717) is 32.4 Å². The summed E-state index contributed by atoms with van der Waals surface area (Å²) in [7, 11) is 1.82. The highest BCUT2D eigenvalue weighted by molar-refractivity contribution is 5.97. The number of nitrogens with zero attached hydrogens (tertiary/aromatic N) is 2. The summed E-state index contributed by atoms with van der Waals surface area (Å²) < 4.78 is 0. The second-order valence-corrected chi connectivity index (χ2v) is 5.68. The molecule has 7 heteroatoms. The predicted molar refractivity (Wildman–Crippen MR) is 82.8 cm³/mol. The average molecular weight is 326 g/mol. The molecule has 0 bridgehead atoms. The van der Waals surface area contributed by atoms with E-state index in [4.69, 9.17) is 0 Å². The molecule has 0 aromatic carbocycles. The lowest BCUT2D eigenvalue weighted by Gasteiger charge is -2.33. The summed E-state index contributed by atoms with van der Waals surface area (Å²) >= 11 is 0. The molecule has 1 saturated heterocycles. The zero-order valence-electron chi connectivity index (χ0n) is 12.4. The van der Waals surface area contributed by atoms with Gasteiger partial charge in [-0.15, -0.1) is 12.4 Å². The Labute approximate surface area is 135 Å². The minimum atomic E-state index is -0.240. The van der Waals surface area contributed by atoms with Crippen molar-refractivity contribution in [2.24, 2.45) is 11.8 Å². The van der Waals surface area contributed by atoms with Gasteiger partial charge in [-0.1, -0.05) is 12.2 Å². The number of hydrazine groups is 1. The van der Waals surface area contributed by atoms with Crippen molar-refractivity contribution in [3.63, 3.8) is 0 Å². The van der Waals surface area contributed by atoms with Crippen molar-refractivity contribution < 1.29 is 14.4 Å². The summed E-state index contributed by atoms with van der Waals surface area (Å²) in [5, 5.41) is 5.84. The molecule has 2 amide bonds. The lowest BCUT2D eigenvalue weighted by atomic mass is 9.83. The molecule has 2 atom stereocenters. The van der Waals surface area contributed by atoms with Gasteiger partial charge in [0.1, 0.15) is 5.78 Å². The van der Waals surface area contributed by atoms with Gasteiger partial charge in [-0.25, -0.2) is 0 Å². The van der Waals surface area contributed by atoms with Crippen LogP contribution in [0.2, 0.25) is 0 Å². The number of piperidine rings is 1. The van der Waals surface area contributed by atoms with Crippen LogP contribution in [0.25, 0.3) is 0 Å². The van der Waals surface area contributed by atoms with Crippen LogP contribution in [0.3, 0.4) is 0 Å². The van der Waals surface area contributed by atoms with Crippen LogP contribution in [0.1, 0.15) is 19.3 Å². The molecule has 0 spiro atoms. The van der Waals surface area contributed by atoms with Crippen molar-refractivity contribution in [2.75, 3.05) is 20.1 Å². The average Bonchev–Trinajstić information content (AvgIpc) is 2.86. The van der Waals surface area contributed by atoms with Crippen LogP contribution in [0, 0.1) is 11.8 Å². The molecule has 1 fully saturated rings. The highest BCUT2D eigenvalue weighted by Crippen LogP contribution is 2.32. The van der Waals surface area contributed by atoms with Gasteiger partial charge in [0.05, 0.1) is 12.5 Å². The van der Waals surface area contributed by atoms with Crippen molar-refractivity contribution in [1.82, 2.24) is 15.3 Å². The number of ketones is 1. The van der Waals surface area contributed by atoms with Crippen LogP contribution >= 0.6 is 12.4 Å². The maximum atomic E-state index is 12.4. The third-order valence-electron chi connectivity index (χ3n) is 4.23. The first-order valence-electron chi connectivity index (χ1n) is 7.32. The number of nitrogens with one attached hydrogen (secondary N) is 1. The summed E-state index contributed by atoms with van der Waals surface area (Å²) in [6.45, 7) is 0.997. The molecule has 0 aromatic heterocycles. The quantitative estimate of drug-likeness (QED) is 0.772. The van der Waals surface area contributed by atoms with Crippen molar-refractivity contribution in [3.05, 3.63) is 23.9 Å². The summed E-state index contributed by atoms with van der Waals surface area (Å²) in [5.41, 5.74) is 0.888. The normalized spacial score (nSPS) is 27.7. The zero-order chi connectivity index (χ0) is 15.0. The first kappa shape index (κ1) is 16.7. The summed E-state index contributed by atoms with van der Waals surface area (Å²) in [6, 6.07) is 0. The molecular weight excluding hydrogens is 306 g/mol. The molecule has 0 radical (unpaired) electrons. The lowest BCUT2D eigenvalue weighted by Crippen LogP contribution is -2.50. The van der Waals surface area contributed by atoms with Crippen LogP contribution in [-0.2, 0) is 14.4 Å². The number of carbonyl (C=O) groups excluding carboxylic acids is 3. The van der Waals surface area contributed by atoms with Gasteiger partial charge in [0.15, 0.2) is 0 Å². The minimum Gasteiger partial charge on any atom is -0.319 e. The molecule has 0 saturated carbocycles. The van der Waals surface area contributed by atoms with E-state index in [1.165, 1.54) is 5.01 Å². The third kappa shape index (κ3) is 2.80. The Bertz CT molecular complexity index is 542. The first-order valence-corrected chi connectivity index (χ1v) is 7.32. The van der Waals surface area contributed by atoms with Gasteiger partial charge < -0.3 is 5.32 Å². The third-order valence-corrected chi connectivity index (χ3v) is 4.23. The number of rotatable bonds is 3. The second kappa shape index (κ2) is 6.62. The number of allylic oxidation sites excluding steroid dienone is 1. The topological polar surface area (TPSA) is 69.7 Å². The number of hydrogen-bond acceptors (Lipinski definition) is 5. The summed E-state index contributed by atoms with van der Waals surface area (Å²) in [6.07, 6.45) is 6.99. The number of imide groups is 1. The van der Waals surface area contributed by atoms with E-state index in [0.717, 1.165) is 5.57 Å². The number of Topliss-reactive ketones (excluding diaryl/α,β-unsaturated/α-hetero) is 1. The van der Waals surface area contributed by atoms with Crippen LogP contribution < -0.4 is 5.32 Å². The molecule has 6 nitrogen and oxygen atoms in total. The SMILES string of the molecule is CNCC1C=CC2=CN(N3C(=O)CCCC3=O)CC2C1=O.Cl. The van der Waals surface area contributed by atoms with E-state index in [1.54, 1.807) is 11.2 Å². The zero-order valence-corrected chi connectivity index (χ0v) is 13.3. The van der Waals surface area contributed by atoms with E-state index < -0.39 is 0 Å². The largest absolute Gasteiger partial charge is 0.319 e. The molecule has 22 heavy (non-hydrogen) atoms. The van der Waals surface area contributed by atoms with Crippen LogP contribution in [0.5, 0.6) is 0 Å². The molecule has 1 N–H and O–H groups in total. The highest BCUT2D eigenvalue weighted by Gasteiger charge is 2.40. The Morgan fingerprint density at radius 2 is 1.91 bits per heavy atom. The lowest BCUT2D eigenvalue weighted by molar-refractivity contribution is -0.163. The maximum Gasteiger partial charge on any atom is 0.248 e. The molecular formula is C15H20ClN3O3. The Morgan fingerprint density at radius 1 is 1.23 bits per heavy atom. The van der Waals surface area contributed by atoms with Crippen molar-refractivity contribution >= 4 is 30.0 Å². The Kier molecular flexibility index (Phi) is 5.03. The van der Waals surface area contributed by atoms with Gasteiger partial charge >= 0.3 is 0 Å². The first-order chi connectivity index (χ1) is 10.1. The summed E-state index contributed by atoms with van der Waals surface area (Å²) in [5.74, 6) is -0.576. The Morgan fingerprint density at radius 3 is 2.55 bits per heavy atom. The number of hydrogen-bond donors (Lipinski definition) is 1. The number of halogens is 1. The van der Waals surface area contributed by atoms with Gasteiger partial charge in [-0.05, 0) is 19.0 Å². The standard InChI is InChI=1S/C15H19N3O3.ClH/c1-16-7-10-5-6-11-8-17(9-12(11)15(10)21)18-13(19)3-2-4-14(18)20;/h5-6,8,10,12,16H,2-4,7,9H2,1H3;1H.